The summed E-state index contributed by atoms with van der Waals surface area (Å²) in [7, 11) is 0. The summed E-state index contributed by atoms with van der Waals surface area (Å²) in [5, 5.41) is 21.7. The first-order chi connectivity index (χ1) is 13.0. The fraction of sp³-hybridized carbons (Fsp3) is 0.850. The maximum atomic E-state index is 12.4. The smallest absolute Gasteiger partial charge is 0.407 e. The van der Waals surface area contributed by atoms with Gasteiger partial charge in [0.25, 0.3) is 0 Å². The van der Waals surface area contributed by atoms with Crippen LogP contribution in [0.3, 0.4) is 0 Å². The first-order valence-electron chi connectivity index (χ1n) is 10.4. The van der Waals surface area contributed by atoms with E-state index in [0.29, 0.717) is 50.0 Å². The van der Waals surface area contributed by atoms with Crippen molar-refractivity contribution in [3.05, 3.63) is 0 Å². The average Bonchev–Trinajstić information content (AvgIpc) is 3.34. The lowest BCUT2D eigenvalue weighted by Gasteiger charge is -2.22. The zero-order valence-electron chi connectivity index (χ0n) is 16.3. The van der Waals surface area contributed by atoms with E-state index in [1.165, 1.54) is 17.7 Å². The lowest BCUT2D eigenvalue weighted by Crippen LogP contribution is -2.43. The molecule has 0 aromatic carbocycles. The van der Waals surface area contributed by atoms with E-state index in [-0.39, 0.29) is 11.9 Å². The van der Waals surface area contributed by atoms with E-state index in [0.717, 1.165) is 32.1 Å². The van der Waals surface area contributed by atoms with Crippen molar-refractivity contribution in [2.24, 2.45) is 17.8 Å². The number of carbonyl (C=O) groups excluding carboxylic acids is 1. The normalized spacial score (nSPS) is 32.3. The number of hydrogen-bond donors (Lipinski definition) is 2. The molecule has 7 nitrogen and oxygen atoms in total. The van der Waals surface area contributed by atoms with Crippen LogP contribution in [0.25, 0.3) is 0 Å². The highest BCUT2D eigenvalue weighted by atomic mass is 16.4. The predicted octanol–water partition coefficient (Wildman–Crippen LogP) is 2.29. The molecule has 0 aromatic rings. The monoisotopic (exact) mass is 376 g/mol. The summed E-state index contributed by atoms with van der Waals surface area (Å²) in [6, 6.07) is 2.39. The van der Waals surface area contributed by atoms with Crippen LogP contribution in [0.2, 0.25) is 0 Å². The van der Waals surface area contributed by atoms with Crippen LogP contribution in [0.5, 0.6) is 0 Å². The number of nitrogens with one attached hydrogen (secondary N) is 1. The summed E-state index contributed by atoms with van der Waals surface area (Å²) in [6.45, 7) is 4.13. The van der Waals surface area contributed by atoms with E-state index in [1.54, 1.807) is 4.90 Å². The van der Waals surface area contributed by atoms with Crippen LogP contribution in [-0.2, 0) is 4.79 Å². The molecule has 150 valence electrons. The molecule has 0 radical (unpaired) electrons. The molecule has 0 aromatic heterocycles. The van der Waals surface area contributed by atoms with E-state index in [9.17, 15) is 9.59 Å². The number of hydrogen-bond acceptors (Lipinski definition) is 4. The highest BCUT2D eigenvalue weighted by molar-refractivity contribution is 5.79. The van der Waals surface area contributed by atoms with Gasteiger partial charge < -0.3 is 20.2 Å². The highest BCUT2D eigenvalue weighted by Gasteiger charge is 2.41. The molecular formula is C20H32N4O3. The Balaban J connectivity index is 1.37. The largest absolute Gasteiger partial charge is 0.465 e. The fourth-order valence-corrected chi connectivity index (χ4v) is 5.40. The van der Waals surface area contributed by atoms with Gasteiger partial charge in [-0.15, -0.1) is 0 Å². The van der Waals surface area contributed by atoms with E-state index >= 15 is 0 Å². The molecular weight excluding hydrogens is 344 g/mol. The van der Waals surface area contributed by atoms with Crippen molar-refractivity contribution in [3.8, 4) is 6.07 Å². The molecule has 1 saturated heterocycles. The van der Waals surface area contributed by atoms with Gasteiger partial charge in [0.2, 0.25) is 5.91 Å². The third kappa shape index (κ3) is 4.73. The Kier molecular flexibility index (Phi) is 6.59. The number of likely N-dealkylation sites (tertiary alicyclic amines) is 1. The van der Waals surface area contributed by atoms with Crippen LogP contribution in [-0.4, -0.2) is 65.2 Å². The summed E-state index contributed by atoms with van der Waals surface area (Å²) in [4.78, 5) is 26.7. The van der Waals surface area contributed by atoms with Gasteiger partial charge in [-0.05, 0) is 69.6 Å². The van der Waals surface area contributed by atoms with Crippen LogP contribution in [0, 0.1) is 29.1 Å². The summed E-state index contributed by atoms with van der Waals surface area (Å²) in [5.41, 5.74) is 0. The molecule has 3 aliphatic rings. The second-order valence-corrected chi connectivity index (χ2v) is 8.43. The second kappa shape index (κ2) is 8.92. The van der Waals surface area contributed by atoms with Gasteiger partial charge in [-0.1, -0.05) is 0 Å². The Hall–Kier alpha value is -1.81. The van der Waals surface area contributed by atoms with Gasteiger partial charge in [-0.3, -0.25) is 4.79 Å². The Morgan fingerprint density at radius 3 is 2.56 bits per heavy atom. The molecule has 2 saturated carbocycles. The maximum Gasteiger partial charge on any atom is 0.407 e. The van der Waals surface area contributed by atoms with Crippen LogP contribution in [0.1, 0.15) is 51.9 Å². The summed E-state index contributed by atoms with van der Waals surface area (Å²) in [5.74, 6) is 2.11. The molecule has 27 heavy (non-hydrogen) atoms. The van der Waals surface area contributed by atoms with Crippen LogP contribution in [0.15, 0.2) is 0 Å². The third-order valence-electron chi connectivity index (χ3n) is 6.84. The lowest BCUT2D eigenvalue weighted by atomic mass is 9.98. The lowest BCUT2D eigenvalue weighted by molar-refractivity contribution is -0.130. The highest BCUT2D eigenvalue weighted by Crippen LogP contribution is 2.47. The van der Waals surface area contributed by atoms with Crippen LogP contribution < -0.4 is 5.32 Å². The first-order valence-corrected chi connectivity index (χ1v) is 10.4. The standard InChI is InChI=1S/C20H32N4O3/c1-2-23(20(26)27)7-5-14-8-15-10-17(11-16(15)9-14)22-13-19(25)24-6-3-4-18(24)12-21/h14-18,22H,2-11,13H2,1H3,(H,26,27). The van der Waals surface area contributed by atoms with Gasteiger partial charge in [0.1, 0.15) is 6.04 Å². The van der Waals surface area contributed by atoms with Crippen LogP contribution >= 0.6 is 0 Å². The molecule has 3 rings (SSSR count). The quantitative estimate of drug-likeness (QED) is 0.710. The van der Waals surface area contributed by atoms with Gasteiger partial charge in [-0.25, -0.2) is 4.79 Å². The van der Waals surface area contributed by atoms with Crippen molar-refractivity contribution in [2.75, 3.05) is 26.2 Å². The number of nitrogens with zero attached hydrogens (tertiary/aromatic N) is 3. The fourth-order valence-electron chi connectivity index (χ4n) is 5.40. The number of amides is 2. The summed E-state index contributed by atoms with van der Waals surface area (Å²) >= 11 is 0. The number of carboxylic acid groups (broad SMARTS) is 1. The number of fused-ring (bicyclic) bond motifs is 1. The Morgan fingerprint density at radius 1 is 1.26 bits per heavy atom. The van der Waals surface area contributed by atoms with Gasteiger partial charge in [-0.2, -0.15) is 5.26 Å². The van der Waals surface area contributed by atoms with E-state index in [4.69, 9.17) is 10.4 Å². The van der Waals surface area contributed by atoms with Crippen molar-refractivity contribution in [3.63, 3.8) is 0 Å². The first kappa shape index (κ1) is 19.9. The number of nitriles is 1. The zero-order valence-corrected chi connectivity index (χ0v) is 16.3. The minimum absolute atomic E-state index is 0.0577. The molecule has 1 heterocycles. The van der Waals surface area contributed by atoms with Crippen molar-refractivity contribution in [1.82, 2.24) is 15.1 Å². The third-order valence-corrected chi connectivity index (χ3v) is 6.84. The minimum atomic E-state index is -0.818. The van der Waals surface area contributed by atoms with Gasteiger partial charge in [0, 0.05) is 25.7 Å². The second-order valence-electron chi connectivity index (χ2n) is 8.43. The molecule has 0 spiro atoms. The molecule has 3 unspecified atom stereocenters. The van der Waals surface area contributed by atoms with Gasteiger partial charge in [0.05, 0.1) is 12.6 Å². The van der Waals surface area contributed by atoms with Crippen LogP contribution in [0.4, 0.5) is 4.79 Å². The van der Waals surface area contributed by atoms with Gasteiger partial charge >= 0.3 is 6.09 Å². The average molecular weight is 377 g/mol. The molecule has 2 aliphatic carbocycles. The molecule has 3 fully saturated rings. The molecule has 3 atom stereocenters. The molecule has 0 bridgehead atoms. The zero-order chi connectivity index (χ0) is 19.4. The van der Waals surface area contributed by atoms with Crippen molar-refractivity contribution in [1.29, 1.82) is 5.26 Å². The predicted molar refractivity (Wildman–Crippen MR) is 101 cm³/mol. The van der Waals surface area contributed by atoms with Gasteiger partial charge in [0.15, 0.2) is 0 Å². The van der Waals surface area contributed by atoms with E-state index in [1.807, 2.05) is 6.92 Å². The summed E-state index contributed by atoms with van der Waals surface area (Å²) in [6.07, 6.45) is 6.49. The Morgan fingerprint density at radius 2 is 1.96 bits per heavy atom. The number of rotatable bonds is 7. The van der Waals surface area contributed by atoms with Crippen molar-refractivity contribution < 1.29 is 14.7 Å². The Bertz CT molecular complexity index is 576. The summed E-state index contributed by atoms with van der Waals surface area (Å²) < 4.78 is 0. The topological polar surface area (TPSA) is 96.7 Å². The molecule has 1 aliphatic heterocycles. The Labute approximate surface area is 161 Å². The SMILES string of the molecule is CCN(CCC1CC2CC(NCC(=O)N3CCCC3C#N)CC2C1)C(=O)O. The van der Waals surface area contributed by atoms with E-state index < -0.39 is 6.09 Å². The molecule has 2 amide bonds. The van der Waals surface area contributed by atoms with Crippen molar-refractivity contribution >= 4 is 12.0 Å². The number of carbonyl (C=O) groups is 2. The molecule has 2 N–H and O–H groups in total. The van der Waals surface area contributed by atoms with Crippen molar-refractivity contribution in [2.45, 2.75) is 64.0 Å². The molecule has 7 heteroatoms. The maximum absolute atomic E-state index is 12.4. The minimum Gasteiger partial charge on any atom is -0.465 e. The van der Waals surface area contributed by atoms with E-state index in [2.05, 4.69) is 11.4 Å².